The Balaban J connectivity index is 1.76. The number of sulfonamides is 1. The van der Waals surface area contributed by atoms with Crippen molar-refractivity contribution >= 4 is 27.5 Å². The Kier molecular flexibility index (Phi) is 7.20. The van der Waals surface area contributed by atoms with Crippen LogP contribution >= 0.6 is 11.6 Å². The van der Waals surface area contributed by atoms with E-state index in [1.54, 1.807) is 0 Å². The third kappa shape index (κ3) is 6.07. The maximum atomic E-state index is 12.1. The molecule has 2 bridgehead atoms. The molecule has 0 spiro atoms. The van der Waals surface area contributed by atoms with Crippen LogP contribution in [0.3, 0.4) is 0 Å². The van der Waals surface area contributed by atoms with Gasteiger partial charge in [0, 0.05) is 23.7 Å². The number of hydrogen-bond donors (Lipinski definition) is 2. The molecule has 2 aliphatic heterocycles. The maximum Gasteiger partial charge on any atom is 0.257 e. The molecule has 7 nitrogen and oxygen atoms in total. The Hall–Kier alpha value is -1.35. The standard InChI is InChI=1S/C19H27ClN2O5S/c1-28(24,25)22-11-15-9-10-21-18(23)12-26-17-4-2-3-16(20)19(17)13-5-7-14(27-15)8-6-13/h2-4,13-15,22H,5-12H2,1H3,(H,21,23)/t13-,14+,15?. The van der Waals surface area contributed by atoms with Crippen molar-refractivity contribution < 1.29 is 22.7 Å². The number of ether oxygens (including phenoxy) is 2. The van der Waals surface area contributed by atoms with Crippen LogP contribution in [0.1, 0.15) is 43.6 Å². The Labute approximate surface area is 171 Å². The molecule has 1 atom stereocenters. The fraction of sp³-hybridized carbons (Fsp3) is 0.632. The van der Waals surface area contributed by atoms with Gasteiger partial charge in [0.05, 0.1) is 18.5 Å². The first kappa shape index (κ1) is 21.4. The molecule has 1 fully saturated rings. The first-order valence-electron chi connectivity index (χ1n) is 9.60. The molecule has 1 aromatic rings. The zero-order valence-corrected chi connectivity index (χ0v) is 17.5. The van der Waals surface area contributed by atoms with Crippen LogP contribution in [0, 0.1) is 0 Å². The van der Waals surface area contributed by atoms with Crippen molar-refractivity contribution in [3.8, 4) is 5.75 Å². The number of rotatable bonds is 3. The Morgan fingerprint density at radius 1 is 1.21 bits per heavy atom. The predicted octanol–water partition coefficient (Wildman–Crippen LogP) is 2.20. The average Bonchev–Trinajstić information content (AvgIpc) is 2.64. The third-order valence-electron chi connectivity index (χ3n) is 5.20. The van der Waals surface area contributed by atoms with E-state index in [1.165, 1.54) is 0 Å². The number of fused-ring (bicyclic) bond motifs is 9. The second-order valence-electron chi connectivity index (χ2n) is 7.43. The molecule has 156 valence electrons. The monoisotopic (exact) mass is 430 g/mol. The molecule has 28 heavy (non-hydrogen) atoms. The Morgan fingerprint density at radius 3 is 2.68 bits per heavy atom. The summed E-state index contributed by atoms with van der Waals surface area (Å²) < 4.78 is 37.3. The maximum absolute atomic E-state index is 12.1. The molecule has 2 N–H and O–H groups in total. The van der Waals surface area contributed by atoms with E-state index >= 15 is 0 Å². The summed E-state index contributed by atoms with van der Waals surface area (Å²) in [5.74, 6) is 0.685. The van der Waals surface area contributed by atoms with Crippen molar-refractivity contribution in [1.29, 1.82) is 0 Å². The van der Waals surface area contributed by atoms with Crippen molar-refractivity contribution in [1.82, 2.24) is 10.0 Å². The van der Waals surface area contributed by atoms with Crippen molar-refractivity contribution in [3.63, 3.8) is 0 Å². The fourth-order valence-corrected chi connectivity index (χ4v) is 4.64. The number of nitrogens with one attached hydrogen (secondary N) is 2. The minimum absolute atomic E-state index is 0.0631. The van der Waals surface area contributed by atoms with Crippen LogP contribution in [0.4, 0.5) is 0 Å². The van der Waals surface area contributed by atoms with Gasteiger partial charge in [-0.3, -0.25) is 4.79 Å². The van der Waals surface area contributed by atoms with Gasteiger partial charge in [-0.15, -0.1) is 0 Å². The summed E-state index contributed by atoms with van der Waals surface area (Å²) in [5, 5.41) is 3.46. The second kappa shape index (κ2) is 9.43. The Morgan fingerprint density at radius 2 is 1.96 bits per heavy atom. The van der Waals surface area contributed by atoms with Crippen LogP contribution in [-0.2, 0) is 19.6 Å². The van der Waals surface area contributed by atoms with Gasteiger partial charge in [-0.05, 0) is 50.2 Å². The average molecular weight is 431 g/mol. The topological polar surface area (TPSA) is 93.7 Å². The molecule has 1 saturated carbocycles. The minimum Gasteiger partial charge on any atom is -0.483 e. The zero-order valence-electron chi connectivity index (χ0n) is 15.9. The number of amides is 1. The van der Waals surface area contributed by atoms with E-state index in [0.29, 0.717) is 23.7 Å². The summed E-state index contributed by atoms with van der Waals surface area (Å²) in [6.07, 6.45) is 4.97. The molecule has 0 saturated heterocycles. The van der Waals surface area contributed by atoms with Gasteiger partial charge in [0.25, 0.3) is 5.91 Å². The summed E-state index contributed by atoms with van der Waals surface area (Å²) in [6, 6.07) is 5.54. The lowest BCUT2D eigenvalue weighted by molar-refractivity contribution is -0.123. The van der Waals surface area contributed by atoms with Gasteiger partial charge in [0.2, 0.25) is 10.0 Å². The number of carbonyl (C=O) groups excluding carboxylic acids is 1. The normalized spacial score (nSPS) is 26.6. The van der Waals surface area contributed by atoms with E-state index in [-0.39, 0.29) is 37.2 Å². The first-order chi connectivity index (χ1) is 13.3. The SMILES string of the molecule is CS(=O)(=O)NCC1CCNC(=O)COc2cccc(Cl)c2[C@H]2CC[C@H](CC2)O1. The summed E-state index contributed by atoms with van der Waals surface area (Å²) in [5.41, 5.74) is 0.961. The summed E-state index contributed by atoms with van der Waals surface area (Å²) in [7, 11) is -3.30. The fourth-order valence-electron chi connectivity index (χ4n) is 3.83. The third-order valence-corrected chi connectivity index (χ3v) is 6.22. The molecule has 9 heteroatoms. The van der Waals surface area contributed by atoms with E-state index in [9.17, 15) is 13.2 Å². The van der Waals surface area contributed by atoms with Gasteiger partial charge < -0.3 is 14.8 Å². The van der Waals surface area contributed by atoms with Crippen molar-refractivity contribution in [2.75, 3.05) is 26.0 Å². The van der Waals surface area contributed by atoms with Crippen LogP contribution in [0.15, 0.2) is 18.2 Å². The number of carbonyl (C=O) groups is 1. The molecular weight excluding hydrogens is 404 g/mol. The molecule has 1 unspecified atom stereocenters. The van der Waals surface area contributed by atoms with Gasteiger partial charge in [0.15, 0.2) is 6.61 Å². The molecule has 1 amide bonds. The minimum atomic E-state index is -3.30. The van der Waals surface area contributed by atoms with E-state index in [1.807, 2.05) is 18.2 Å². The molecule has 1 aromatic carbocycles. The van der Waals surface area contributed by atoms with E-state index in [4.69, 9.17) is 21.1 Å². The highest BCUT2D eigenvalue weighted by molar-refractivity contribution is 7.88. The quantitative estimate of drug-likeness (QED) is 0.766. The van der Waals surface area contributed by atoms with E-state index in [2.05, 4.69) is 10.0 Å². The lowest BCUT2D eigenvalue weighted by Gasteiger charge is -2.33. The molecule has 2 heterocycles. The van der Waals surface area contributed by atoms with E-state index < -0.39 is 10.0 Å². The highest BCUT2D eigenvalue weighted by Crippen LogP contribution is 2.42. The summed E-state index contributed by atoms with van der Waals surface area (Å²) in [4.78, 5) is 12.1. The van der Waals surface area contributed by atoms with Crippen molar-refractivity contribution in [2.45, 2.75) is 50.2 Å². The smallest absolute Gasteiger partial charge is 0.257 e. The lowest BCUT2D eigenvalue weighted by atomic mass is 9.82. The van der Waals surface area contributed by atoms with Gasteiger partial charge in [-0.1, -0.05) is 17.7 Å². The zero-order chi connectivity index (χ0) is 20.1. The molecule has 4 rings (SSSR count). The number of benzene rings is 1. The van der Waals surface area contributed by atoms with Crippen LogP contribution in [0.2, 0.25) is 5.02 Å². The highest BCUT2D eigenvalue weighted by atomic mass is 35.5. The summed E-state index contributed by atoms with van der Waals surface area (Å²) in [6.45, 7) is 0.492. The first-order valence-corrected chi connectivity index (χ1v) is 11.9. The molecular formula is C19H27ClN2O5S. The van der Waals surface area contributed by atoms with Crippen molar-refractivity contribution in [2.24, 2.45) is 0 Å². The van der Waals surface area contributed by atoms with Crippen LogP contribution in [0.25, 0.3) is 0 Å². The van der Waals surface area contributed by atoms with Crippen LogP contribution in [0.5, 0.6) is 5.75 Å². The summed E-state index contributed by atoms with van der Waals surface area (Å²) >= 11 is 6.45. The molecule has 3 aliphatic rings. The highest BCUT2D eigenvalue weighted by Gasteiger charge is 2.29. The number of halogens is 1. The largest absolute Gasteiger partial charge is 0.483 e. The molecule has 0 aromatic heterocycles. The van der Waals surface area contributed by atoms with Gasteiger partial charge in [-0.25, -0.2) is 13.1 Å². The van der Waals surface area contributed by atoms with Crippen LogP contribution in [-0.4, -0.2) is 52.5 Å². The van der Waals surface area contributed by atoms with Crippen molar-refractivity contribution in [3.05, 3.63) is 28.8 Å². The Bertz CT molecular complexity index is 794. The van der Waals surface area contributed by atoms with Gasteiger partial charge in [0.1, 0.15) is 5.75 Å². The number of hydrogen-bond acceptors (Lipinski definition) is 5. The van der Waals surface area contributed by atoms with Crippen LogP contribution < -0.4 is 14.8 Å². The van der Waals surface area contributed by atoms with E-state index in [0.717, 1.165) is 37.5 Å². The molecule has 0 radical (unpaired) electrons. The molecule has 1 aliphatic carbocycles. The van der Waals surface area contributed by atoms with Gasteiger partial charge >= 0.3 is 0 Å². The second-order valence-corrected chi connectivity index (χ2v) is 9.67. The predicted molar refractivity (Wildman–Crippen MR) is 107 cm³/mol. The van der Waals surface area contributed by atoms with Gasteiger partial charge in [-0.2, -0.15) is 0 Å². The lowest BCUT2D eigenvalue weighted by Crippen LogP contribution is -2.39.